The second-order valence-electron chi connectivity index (χ2n) is 6.39. The number of nitrogens with two attached hydrogens (primary N) is 1. The number of hydrogen-bond donors (Lipinski definition) is 2. The van der Waals surface area contributed by atoms with Gasteiger partial charge in [-0.15, -0.1) is 0 Å². The summed E-state index contributed by atoms with van der Waals surface area (Å²) >= 11 is 0. The Morgan fingerprint density at radius 1 is 0.867 bits per heavy atom. The molecule has 3 N–H and O–H groups in total. The van der Waals surface area contributed by atoms with Crippen LogP contribution in [-0.2, 0) is 0 Å². The molecule has 30 heavy (non-hydrogen) atoms. The summed E-state index contributed by atoms with van der Waals surface area (Å²) in [5.41, 5.74) is 8.09. The Morgan fingerprint density at radius 3 is 2.17 bits per heavy atom. The Kier molecular flexibility index (Phi) is 7.13. The maximum Gasteiger partial charge on any atom is 0.181 e. The zero-order chi connectivity index (χ0) is 21.5. The standard InChI is InChI=1S/C22H28N4O4/c1-5-28-17-11-8-14(12-19(17)30-7-3)20(23)22-24-21(25-26-22)15-9-10-16(27-4)18(13-15)29-6-2/h8-13,20H,5-7,23H2,1-4H3,(H,24,25,26). The van der Waals surface area contributed by atoms with Crippen molar-refractivity contribution in [2.45, 2.75) is 26.8 Å². The molecule has 0 aliphatic heterocycles. The molecule has 0 radical (unpaired) electrons. The second-order valence-corrected chi connectivity index (χ2v) is 6.39. The number of rotatable bonds is 10. The van der Waals surface area contributed by atoms with Crippen LogP contribution in [0.1, 0.15) is 38.2 Å². The summed E-state index contributed by atoms with van der Waals surface area (Å²) in [5, 5.41) is 7.27. The maximum absolute atomic E-state index is 6.45. The minimum atomic E-state index is -0.495. The van der Waals surface area contributed by atoms with Crippen LogP contribution in [0.25, 0.3) is 11.4 Å². The van der Waals surface area contributed by atoms with E-state index in [-0.39, 0.29) is 0 Å². The number of methoxy groups -OCH3 is 1. The topological polar surface area (TPSA) is 105 Å². The quantitative estimate of drug-likeness (QED) is 0.523. The van der Waals surface area contributed by atoms with Crippen LogP contribution < -0.4 is 24.7 Å². The molecule has 3 rings (SSSR count). The minimum absolute atomic E-state index is 0.495. The van der Waals surface area contributed by atoms with E-state index in [0.29, 0.717) is 54.5 Å². The summed E-state index contributed by atoms with van der Waals surface area (Å²) in [6.45, 7) is 7.40. The normalized spacial score (nSPS) is 11.8. The van der Waals surface area contributed by atoms with Crippen molar-refractivity contribution in [3.63, 3.8) is 0 Å². The van der Waals surface area contributed by atoms with Crippen LogP contribution in [0.3, 0.4) is 0 Å². The lowest BCUT2D eigenvalue weighted by molar-refractivity contribution is 0.287. The van der Waals surface area contributed by atoms with E-state index in [1.54, 1.807) is 7.11 Å². The van der Waals surface area contributed by atoms with Gasteiger partial charge in [0.05, 0.1) is 33.0 Å². The zero-order valence-corrected chi connectivity index (χ0v) is 17.8. The van der Waals surface area contributed by atoms with Gasteiger partial charge in [0.2, 0.25) is 0 Å². The van der Waals surface area contributed by atoms with E-state index in [0.717, 1.165) is 11.1 Å². The van der Waals surface area contributed by atoms with Crippen molar-refractivity contribution < 1.29 is 18.9 Å². The zero-order valence-electron chi connectivity index (χ0n) is 17.8. The predicted molar refractivity (Wildman–Crippen MR) is 114 cm³/mol. The van der Waals surface area contributed by atoms with Gasteiger partial charge in [-0.05, 0) is 56.7 Å². The highest BCUT2D eigenvalue weighted by atomic mass is 16.5. The number of H-pyrrole nitrogens is 1. The smallest absolute Gasteiger partial charge is 0.181 e. The van der Waals surface area contributed by atoms with Gasteiger partial charge in [-0.3, -0.25) is 5.10 Å². The summed E-state index contributed by atoms with van der Waals surface area (Å²) in [6.07, 6.45) is 0. The highest BCUT2D eigenvalue weighted by Gasteiger charge is 2.18. The van der Waals surface area contributed by atoms with Gasteiger partial charge in [0.25, 0.3) is 0 Å². The van der Waals surface area contributed by atoms with Crippen LogP contribution in [-0.4, -0.2) is 42.1 Å². The maximum atomic E-state index is 6.45. The lowest BCUT2D eigenvalue weighted by atomic mass is 10.1. The van der Waals surface area contributed by atoms with Crippen molar-refractivity contribution in [1.82, 2.24) is 15.2 Å². The van der Waals surface area contributed by atoms with Crippen molar-refractivity contribution in [3.8, 4) is 34.4 Å². The fourth-order valence-electron chi connectivity index (χ4n) is 3.05. The minimum Gasteiger partial charge on any atom is -0.493 e. The van der Waals surface area contributed by atoms with Crippen LogP contribution in [0.2, 0.25) is 0 Å². The molecule has 160 valence electrons. The summed E-state index contributed by atoms with van der Waals surface area (Å²) in [4.78, 5) is 4.59. The molecule has 1 atom stereocenters. The molecule has 1 unspecified atom stereocenters. The van der Waals surface area contributed by atoms with Gasteiger partial charge in [-0.1, -0.05) is 6.07 Å². The first-order chi connectivity index (χ1) is 14.6. The van der Waals surface area contributed by atoms with Gasteiger partial charge < -0.3 is 24.7 Å². The van der Waals surface area contributed by atoms with E-state index in [9.17, 15) is 0 Å². The van der Waals surface area contributed by atoms with Gasteiger partial charge in [0.1, 0.15) is 5.82 Å². The van der Waals surface area contributed by atoms with Gasteiger partial charge in [-0.25, -0.2) is 4.98 Å². The first-order valence-electron chi connectivity index (χ1n) is 9.99. The summed E-state index contributed by atoms with van der Waals surface area (Å²) in [6, 6.07) is 10.7. The van der Waals surface area contributed by atoms with Gasteiger partial charge in [0, 0.05) is 5.56 Å². The molecule has 1 aromatic heterocycles. The first-order valence-corrected chi connectivity index (χ1v) is 9.99. The Hall–Kier alpha value is -3.26. The molecular weight excluding hydrogens is 384 g/mol. The SMILES string of the molecule is CCOc1cc(-c2n[nH]c(C(N)c3ccc(OCC)c(OCC)c3)n2)ccc1OC. The monoisotopic (exact) mass is 412 g/mol. The molecule has 0 bridgehead atoms. The molecular formula is C22H28N4O4. The number of benzene rings is 2. The first kappa shape index (κ1) is 21.4. The van der Waals surface area contributed by atoms with Crippen LogP contribution >= 0.6 is 0 Å². The van der Waals surface area contributed by atoms with E-state index in [1.165, 1.54) is 0 Å². The lowest BCUT2D eigenvalue weighted by Gasteiger charge is -2.15. The van der Waals surface area contributed by atoms with Crippen LogP contribution in [0.4, 0.5) is 0 Å². The third-order valence-corrected chi connectivity index (χ3v) is 4.45. The second kappa shape index (κ2) is 9.98. The van der Waals surface area contributed by atoms with Gasteiger partial charge >= 0.3 is 0 Å². The third kappa shape index (κ3) is 4.65. The number of ether oxygens (including phenoxy) is 4. The number of nitrogens with zero attached hydrogens (tertiary/aromatic N) is 2. The summed E-state index contributed by atoms with van der Waals surface area (Å²) in [5.74, 6) is 3.72. The molecule has 0 aliphatic rings. The highest BCUT2D eigenvalue weighted by Crippen LogP contribution is 2.33. The van der Waals surface area contributed by atoms with Crippen LogP contribution in [0.15, 0.2) is 36.4 Å². The Morgan fingerprint density at radius 2 is 1.50 bits per heavy atom. The van der Waals surface area contributed by atoms with Gasteiger partial charge in [0.15, 0.2) is 28.8 Å². The predicted octanol–water partition coefficient (Wildman–Crippen LogP) is 3.72. The van der Waals surface area contributed by atoms with Crippen molar-refractivity contribution in [2.24, 2.45) is 5.73 Å². The summed E-state index contributed by atoms with van der Waals surface area (Å²) in [7, 11) is 1.61. The van der Waals surface area contributed by atoms with Crippen LogP contribution in [0, 0.1) is 0 Å². The fraction of sp³-hybridized carbons (Fsp3) is 0.364. The molecule has 2 aromatic carbocycles. The third-order valence-electron chi connectivity index (χ3n) is 4.45. The molecule has 0 aliphatic carbocycles. The molecule has 8 nitrogen and oxygen atoms in total. The molecule has 3 aromatic rings. The molecule has 0 amide bonds. The number of aromatic amines is 1. The molecule has 8 heteroatoms. The van der Waals surface area contributed by atoms with Crippen molar-refractivity contribution in [3.05, 3.63) is 47.8 Å². The lowest BCUT2D eigenvalue weighted by Crippen LogP contribution is -2.14. The molecule has 0 spiro atoms. The number of nitrogens with one attached hydrogen (secondary N) is 1. The van der Waals surface area contributed by atoms with E-state index in [4.69, 9.17) is 24.7 Å². The van der Waals surface area contributed by atoms with Gasteiger partial charge in [-0.2, -0.15) is 5.10 Å². The molecule has 0 fully saturated rings. The van der Waals surface area contributed by atoms with E-state index in [2.05, 4.69) is 15.2 Å². The fourth-order valence-corrected chi connectivity index (χ4v) is 3.05. The van der Waals surface area contributed by atoms with E-state index >= 15 is 0 Å². The largest absolute Gasteiger partial charge is 0.493 e. The number of aromatic nitrogens is 3. The van der Waals surface area contributed by atoms with Crippen molar-refractivity contribution >= 4 is 0 Å². The molecule has 1 heterocycles. The molecule has 0 saturated carbocycles. The van der Waals surface area contributed by atoms with E-state index < -0.39 is 6.04 Å². The van der Waals surface area contributed by atoms with Crippen molar-refractivity contribution in [2.75, 3.05) is 26.9 Å². The Bertz CT molecular complexity index is 974. The Balaban J connectivity index is 1.87. The highest BCUT2D eigenvalue weighted by molar-refractivity contribution is 5.61. The summed E-state index contributed by atoms with van der Waals surface area (Å²) < 4.78 is 22.3. The van der Waals surface area contributed by atoms with Crippen LogP contribution in [0.5, 0.6) is 23.0 Å². The average Bonchev–Trinajstić information content (AvgIpc) is 3.25. The number of hydrogen-bond acceptors (Lipinski definition) is 7. The molecule has 0 saturated heterocycles. The average molecular weight is 412 g/mol. The van der Waals surface area contributed by atoms with Crippen molar-refractivity contribution in [1.29, 1.82) is 0 Å². The van der Waals surface area contributed by atoms with E-state index in [1.807, 2.05) is 57.2 Å². The Labute approximate surface area is 176 Å².